The van der Waals surface area contributed by atoms with E-state index in [4.69, 9.17) is 0 Å². The first-order chi connectivity index (χ1) is 10.3. The van der Waals surface area contributed by atoms with Crippen molar-refractivity contribution in [1.29, 1.82) is 0 Å². The van der Waals surface area contributed by atoms with Gasteiger partial charge in [0.05, 0.1) is 11.0 Å². The van der Waals surface area contributed by atoms with E-state index in [-0.39, 0.29) is 0 Å². The monoisotopic (exact) mass is 285 g/mol. The summed E-state index contributed by atoms with van der Waals surface area (Å²) in [6.45, 7) is 7.86. The molecular formula is C18H27N3. The summed E-state index contributed by atoms with van der Waals surface area (Å²) in [5, 5.41) is 3.70. The Kier molecular flexibility index (Phi) is 6.12. The number of hydrogen-bond acceptors (Lipinski definition) is 3. The Morgan fingerprint density at radius 1 is 1.10 bits per heavy atom. The fraction of sp³-hybridized carbons (Fsp3) is 0.556. The molecule has 2 atom stereocenters. The molecule has 3 nitrogen and oxygen atoms in total. The Bertz CT molecular complexity index is 548. The predicted molar refractivity (Wildman–Crippen MR) is 89.3 cm³/mol. The minimum Gasteiger partial charge on any atom is -0.310 e. The lowest BCUT2D eigenvalue weighted by molar-refractivity contribution is 0.391. The maximum absolute atomic E-state index is 4.56. The van der Waals surface area contributed by atoms with Crippen molar-refractivity contribution in [2.24, 2.45) is 5.92 Å². The largest absolute Gasteiger partial charge is 0.310 e. The summed E-state index contributed by atoms with van der Waals surface area (Å²) < 4.78 is 0. The van der Waals surface area contributed by atoms with Gasteiger partial charge in [0.15, 0.2) is 0 Å². The van der Waals surface area contributed by atoms with Crippen LogP contribution in [-0.4, -0.2) is 16.5 Å². The van der Waals surface area contributed by atoms with Crippen LogP contribution in [0.3, 0.4) is 0 Å². The average Bonchev–Trinajstić information content (AvgIpc) is 2.51. The molecule has 1 aromatic heterocycles. The first kappa shape index (κ1) is 15.9. The molecule has 2 unspecified atom stereocenters. The molecular weight excluding hydrogens is 258 g/mol. The van der Waals surface area contributed by atoms with Crippen LogP contribution in [0.2, 0.25) is 0 Å². The van der Waals surface area contributed by atoms with Crippen LogP contribution in [0.25, 0.3) is 11.0 Å². The van der Waals surface area contributed by atoms with Crippen molar-refractivity contribution in [3.63, 3.8) is 0 Å². The summed E-state index contributed by atoms with van der Waals surface area (Å²) in [5.74, 6) is 0.719. The number of nitrogens with zero attached hydrogens (tertiary/aromatic N) is 2. The molecule has 0 radical (unpaired) electrons. The summed E-state index contributed by atoms with van der Waals surface area (Å²) in [7, 11) is 0. The average molecular weight is 285 g/mol. The molecule has 0 aliphatic heterocycles. The van der Waals surface area contributed by atoms with E-state index >= 15 is 0 Å². The maximum Gasteiger partial charge on any atom is 0.0934 e. The van der Waals surface area contributed by atoms with E-state index in [2.05, 4.69) is 48.2 Å². The molecule has 0 spiro atoms. The molecule has 1 heterocycles. The van der Waals surface area contributed by atoms with Gasteiger partial charge in [-0.1, -0.05) is 45.7 Å². The molecule has 1 aromatic carbocycles. The summed E-state index contributed by atoms with van der Waals surface area (Å²) in [4.78, 5) is 8.99. The van der Waals surface area contributed by atoms with Gasteiger partial charge >= 0.3 is 0 Å². The molecule has 0 saturated heterocycles. The lowest BCUT2D eigenvalue weighted by Gasteiger charge is -2.23. The molecule has 0 amide bonds. The van der Waals surface area contributed by atoms with E-state index in [9.17, 15) is 0 Å². The van der Waals surface area contributed by atoms with Gasteiger partial charge in [0.1, 0.15) is 0 Å². The summed E-state index contributed by atoms with van der Waals surface area (Å²) in [5.41, 5.74) is 3.32. The van der Waals surface area contributed by atoms with E-state index < -0.39 is 0 Å². The van der Waals surface area contributed by atoms with Gasteiger partial charge in [-0.2, -0.15) is 0 Å². The fourth-order valence-electron chi connectivity index (χ4n) is 2.95. The SMILES string of the molecule is CCCNC(CC(C)CCC)c1cccc2nccnc12. The van der Waals surface area contributed by atoms with Crippen LogP contribution in [0.15, 0.2) is 30.6 Å². The molecule has 114 valence electrons. The number of benzene rings is 1. The normalized spacial score (nSPS) is 14.2. The van der Waals surface area contributed by atoms with E-state index in [1.165, 1.54) is 18.4 Å². The second kappa shape index (κ2) is 8.08. The standard InChI is InChI=1S/C18H27N3/c1-4-7-14(3)13-17(19-10-5-2)15-8-6-9-16-18(15)21-12-11-20-16/h6,8-9,11-12,14,17,19H,4-5,7,10,13H2,1-3H3. The Labute approximate surface area is 128 Å². The van der Waals surface area contributed by atoms with Crippen LogP contribution in [0.1, 0.15) is 58.1 Å². The van der Waals surface area contributed by atoms with Crippen molar-refractivity contribution in [2.45, 2.75) is 52.5 Å². The number of aromatic nitrogens is 2. The number of rotatable bonds is 8. The second-order valence-electron chi connectivity index (χ2n) is 5.91. The summed E-state index contributed by atoms with van der Waals surface area (Å²) in [6, 6.07) is 6.70. The number of hydrogen-bond donors (Lipinski definition) is 1. The van der Waals surface area contributed by atoms with E-state index in [1.807, 2.05) is 6.07 Å². The molecule has 2 aromatic rings. The van der Waals surface area contributed by atoms with Crippen LogP contribution >= 0.6 is 0 Å². The van der Waals surface area contributed by atoms with Gasteiger partial charge in [-0.05, 0) is 36.9 Å². The third-order valence-electron chi connectivity index (χ3n) is 3.97. The number of nitrogens with one attached hydrogen (secondary N) is 1. The van der Waals surface area contributed by atoms with Crippen LogP contribution < -0.4 is 5.32 Å². The second-order valence-corrected chi connectivity index (χ2v) is 5.91. The van der Waals surface area contributed by atoms with E-state index in [0.717, 1.165) is 36.3 Å². The van der Waals surface area contributed by atoms with Crippen LogP contribution in [0, 0.1) is 5.92 Å². The highest BCUT2D eigenvalue weighted by Crippen LogP contribution is 2.28. The minimum atomic E-state index is 0.367. The Morgan fingerprint density at radius 2 is 1.90 bits per heavy atom. The highest BCUT2D eigenvalue weighted by atomic mass is 14.9. The highest BCUT2D eigenvalue weighted by Gasteiger charge is 2.17. The van der Waals surface area contributed by atoms with E-state index in [0.29, 0.717) is 6.04 Å². The Balaban J connectivity index is 2.29. The van der Waals surface area contributed by atoms with Crippen molar-refractivity contribution in [3.8, 4) is 0 Å². The number of para-hydroxylation sites is 1. The van der Waals surface area contributed by atoms with Crippen LogP contribution in [0.5, 0.6) is 0 Å². The quantitative estimate of drug-likeness (QED) is 0.776. The highest BCUT2D eigenvalue weighted by molar-refractivity contribution is 5.78. The minimum absolute atomic E-state index is 0.367. The van der Waals surface area contributed by atoms with Crippen LogP contribution in [0.4, 0.5) is 0 Å². The Morgan fingerprint density at radius 3 is 2.67 bits per heavy atom. The van der Waals surface area contributed by atoms with Gasteiger partial charge < -0.3 is 5.32 Å². The third-order valence-corrected chi connectivity index (χ3v) is 3.97. The third kappa shape index (κ3) is 4.24. The first-order valence-electron chi connectivity index (χ1n) is 8.19. The topological polar surface area (TPSA) is 37.8 Å². The van der Waals surface area contributed by atoms with Crippen molar-refractivity contribution < 1.29 is 0 Å². The van der Waals surface area contributed by atoms with Gasteiger partial charge in [0.25, 0.3) is 0 Å². The fourth-order valence-corrected chi connectivity index (χ4v) is 2.95. The maximum atomic E-state index is 4.56. The molecule has 2 rings (SSSR count). The zero-order valence-electron chi connectivity index (χ0n) is 13.5. The van der Waals surface area contributed by atoms with Gasteiger partial charge in [-0.15, -0.1) is 0 Å². The molecule has 0 aliphatic rings. The van der Waals surface area contributed by atoms with Gasteiger partial charge in [0, 0.05) is 18.4 Å². The lowest BCUT2D eigenvalue weighted by Crippen LogP contribution is -2.24. The zero-order chi connectivity index (χ0) is 15.1. The molecule has 0 aliphatic carbocycles. The summed E-state index contributed by atoms with van der Waals surface area (Å²) >= 11 is 0. The molecule has 3 heteroatoms. The zero-order valence-corrected chi connectivity index (χ0v) is 13.5. The Hall–Kier alpha value is -1.48. The van der Waals surface area contributed by atoms with Crippen molar-refractivity contribution in [2.75, 3.05) is 6.54 Å². The van der Waals surface area contributed by atoms with Crippen molar-refractivity contribution in [1.82, 2.24) is 15.3 Å². The van der Waals surface area contributed by atoms with Gasteiger partial charge in [0.2, 0.25) is 0 Å². The number of fused-ring (bicyclic) bond motifs is 1. The summed E-state index contributed by atoms with van der Waals surface area (Å²) in [6.07, 6.45) is 8.38. The lowest BCUT2D eigenvalue weighted by atomic mass is 9.92. The van der Waals surface area contributed by atoms with Crippen LogP contribution in [-0.2, 0) is 0 Å². The van der Waals surface area contributed by atoms with Crippen molar-refractivity contribution in [3.05, 3.63) is 36.2 Å². The molecule has 21 heavy (non-hydrogen) atoms. The smallest absolute Gasteiger partial charge is 0.0934 e. The van der Waals surface area contributed by atoms with Gasteiger partial charge in [-0.25, -0.2) is 0 Å². The first-order valence-corrected chi connectivity index (χ1v) is 8.19. The molecule has 0 saturated carbocycles. The van der Waals surface area contributed by atoms with Gasteiger partial charge in [-0.3, -0.25) is 9.97 Å². The predicted octanol–water partition coefficient (Wildman–Crippen LogP) is 4.50. The molecule has 0 fully saturated rings. The van der Waals surface area contributed by atoms with E-state index in [1.54, 1.807) is 12.4 Å². The van der Waals surface area contributed by atoms with Crippen molar-refractivity contribution >= 4 is 11.0 Å². The molecule has 1 N–H and O–H groups in total. The molecule has 0 bridgehead atoms.